The number of nitrogens with zero attached hydrogens (tertiary/aromatic N) is 2. The summed E-state index contributed by atoms with van der Waals surface area (Å²) in [6.07, 6.45) is 4.26. The van der Waals surface area contributed by atoms with Gasteiger partial charge in [0, 0.05) is 29.9 Å². The van der Waals surface area contributed by atoms with Crippen LogP contribution < -0.4 is 5.32 Å². The van der Waals surface area contributed by atoms with Crippen molar-refractivity contribution in [3.05, 3.63) is 77.2 Å². The second kappa shape index (κ2) is 8.75. The van der Waals surface area contributed by atoms with Crippen LogP contribution in [0.1, 0.15) is 16.7 Å². The number of nitrogens with one attached hydrogen (secondary N) is 1. The van der Waals surface area contributed by atoms with E-state index in [0.29, 0.717) is 22.4 Å². The van der Waals surface area contributed by atoms with Crippen molar-refractivity contribution in [3.63, 3.8) is 0 Å². The molecule has 0 aliphatic rings. The van der Waals surface area contributed by atoms with Gasteiger partial charge in [-0.25, -0.2) is 4.39 Å². The van der Waals surface area contributed by atoms with E-state index in [9.17, 15) is 13.8 Å². The maximum absolute atomic E-state index is 13.2. The summed E-state index contributed by atoms with van der Waals surface area (Å²) in [4.78, 5) is 30.5. The molecule has 30 heavy (non-hydrogen) atoms. The number of rotatable bonds is 6. The summed E-state index contributed by atoms with van der Waals surface area (Å²) in [5.41, 5.74) is 3.95. The van der Waals surface area contributed by atoms with E-state index >= 15 is 0 Å². The number of aromatic nitrogens is 2. The molecule has 1 heterocycles. The van der Waals surface area contributed by atoms with E-state index in [1.54, 1.807) is 61.3 Å². The molecule has 9 heteroatoms. The van der Waals surface area contributed by atoms with Crippen molar-refractivity contribution in [2.45, 2.75) is 13.1 Å². The van der Waals surface area contributed by atoms with E-state index < -0.39 is 7.60 Å². The molecule has 3 aromatic rings. The van der Waals surface area contributed by atoms with Crippen molar-refractivity contribution < 1.29 is 23.5 Å². The summed E-state index contributed by atoms with van der Waals surface area (Å²) >= 11 is 0. The van der Waals surface area contributed by atoms with Crippen LogP contribution in [0.25, 0.3) is 17.3 Å². The minimum atomic E-state index is -4.15. The van der Waals surface area contributed by atoms with Gasteiger partial charge in [-0.1, -0.05) is 12.1 Å². The molecule has 1 aromatic heterocycles. The Morgan fingerprint density at radius 1 is 1.23 bits per heavy atom. The third-order valence-corrected chi connectivity index (χ3v) is 5.21. The van der Waals surface area contributed by atoms with Gasteiger partial charge in [-0.2, -0.15) is 5.10 Å². The Bertz CT molecular complexity index is 1150. The summed E-state index contributed by atoms with van der Waals surface area (Å²) in [5.74, 6) is -0.700. The highest BCUT2D eigenvalue weighted by atomic mass is 31.2. The number of carbonyl (C=O) groups excluding carboxylic acids is 1. The van der Waals surface area contributed by atoms with E-state index in [-0.39, 0.29) is 17.9 Å². The zero-order valence-corrected chi connectivity index (χ0v) is 17.3. The highest BCUT2D eigenvalue weighted by molar-refractivity contribution is 7.50. The zero-order chi connectivity index (χ0) is 21.9. The normalized spacial score (nSPS) is 11.8. The lowest BCUT2D eigenvalue weighted by molar-refractivity contribution is -0.111. The summed E-state index contributed by atoms with van der Waals surface area (Å²) in [6, 6.07) is 10.8. The van der Waals surface area contributed by atoms with Crippen molar-refractivity contribution in [2.75, 3.05) is 5.32 Å². The summed E-state index contributed by atoms with van der Waals surface area (Å²) in [5, 5.41) is 6.95. The van der Waals surface area contributed by atoms with Gasteiger partial charge in [-0.05, 0) is 54.5 Å². The Kier molecular flexibility index (Phi) is 6.31. The molecule has 0 saturated heterocycles. The Balaban J connectivity index is 1.75. The van der Waals surface area contributed by atoms with E-state index in [2.05, 4.69) is 10.4 Å². The van der Waals surface area contributed by atoms with Gasteiger partial charge in [0.25, 0.3) is 0 Å². The molecule has 7 nitrogen and oxygen atoms in total. The Morgan fingerprint density at radius 2 is 1.93 bits per heavy atom. The van der Waals surface area contributed by atoms with Crippen LogP contribution in [0.5, 0.6) is 0 Å². The minimum absolute atomic E-state index is 0.334. The molecular formula is C21H21FN3O4P. The van der Waals surface area contributed by atoms with Crippen LogP contribution in [0.15, 0.2) is 54.7 Å². The van der Waals surface area contributed by atoms with Crippen LogP contribution in [0.2, 0.25) is 0 Å². The molecule has 0 aliphatic heterocycles. The molecule has 0 unspecified atom stereocenters. The largest absolute Gasteiger partial charge is 0.329 e. The van der Waals surface area contributed by atoms with E-state index in [1.807, 2.05) is 0 Å². The number of hydrogen-bond donors (Lipinski definition) is 3. The molecule has 3 rings (SSSR count). The van der Waals surface area contributed by atoms with Gasteiger partial charge in [0.05, 0.1) is 18.1 Å². The number of benzene rings is 2. The predicted octanol–water partition coefficient (Wildman–Crippen LogP) is 3.86. The maximum Gasteiger partial charge on any atom is 0.329 e. The molecule has 0 radical (unpaired) electrons. The van der Waals surface area contributed by atoms with Gasteiger partial charge in [-0.15, -0.1) is 0 Å². The fraction of sp³-hybridized carbons (Fsp3) is 0.143. The minimum Gasteiger partial charge on any atom is -0.324 e. The number of hydrogen-bond acceptors (Lipinski definition) is 3. The molecule has 0 fully saturated rings. The van der Waals surface area contributed by atoms with Crippen molar-refractivity contribution in [1.82, 2.24) is 9.78 Å². The predicted molar refractivity (Wildman–Crippen MR) is 113 cm³/mol. The second-order valence-corrected chi connectivity index (χ2v) is 8.52. The Labute approximate surface area is 173 Å². The van der Waals surface area contributed by atoms with Gasteiger partial charge >= 0.3 is 7.60 Å². The van der Waals surface area contributed by atoms with Crippen molar-refractivity contribution in [1.29, 1.82) is 0 Å². The second-order valence-electron chi connectivity index (χ2n) is 6.87. The van der Waals surface area contributed by atoms with Gasteiger partial charge in [-0.3, -0.25) is 14.0 Å². The zero-order valence-electron chi connectivity index (χ0n) is 16.4. The molecule has 0 aliphatic carbocycles. The van der Waals surface area contributed by atoms with E-state index in [0.717, 1.165) is 11.3 Å². The Hall–Kier alpha value is -3.06. The summed E-state index contributed by atoms with van der Waals surface area (Å²) in [6.45, 7) is 1.75. The van der Waals surface area contributed by atoms with Gasteiger partial charge < -0.3 is 15.1 Å². The van der Waals surface area contributed by atoms with Gasteiger partial charge in [0.15, 0.2) is 0 Å². The average Bonchev–Trinajstić information content (AvgIpc) is 3.02. The molecule has 156 valence electrons. The molecule has 0 spiro atoms. The fourth-order valence-electron chi connectivity index (χ4n) is 3.08. The molecule has 3 N–H and O–H groups in total. The van der Waals surface area contributed by atoms with Crippen LogP contribution in [0, 0.1) is 12.7 Å². The van der Waals surface area contributed by atoms with Gasteiger partial charge in [0.2, 0.25) is 5.91 Å². The lowest BCUT2D eigenvalue weighted by Gasteiger charge is -2.10. The first-order valence-corrected chi connectivity index (χ1v) is 10.8. The first kappa shape index (κ1) is 21.6. The smallest absolute Gasteiger partial charge is 0.324 e. The van der Waals surface area contributed by atoms with E-state index in [1.165, 1.54) is 18.2 Å². The number of amides is 1. The molecule has 1 amide bonds. The third kappa shape index (κ3) is 5.51. The van der Waals surface area contributed by atoms with E-state index in [4.69, 9.17) is 9.79 Å². The van der Waals surface area contributed by atoms with Crippen molar-refractivity contribution >= 4 is 25.3 Å². The van der Waals surface area contributed by atoms with Crippen LogP contribution in [-0.4, -0.2) is 25.5 Å². The number of anilines is 1. The monoisotopic (exact) mass is 429 g/mol. The molecule has 0 saturated carbocycles. The summed E-state index contributed by atoms with van der Waals surface area (Å²) < 4.78 is 26.0. The van der Waals surface area contributed by atoms with Gasteiger partial charge in [0.1, 0.15) is 5.82 Å². The standard InChI is InChI=1S/C21H21FN3O4P/c1-14-11-15(13-30(27,28)29)3-9-19(14)24-20(26)10-6-17-12-23-25(2)21(17)16-4-7-18(22)8-5-16/h3-12H,13H2,1-2H3,(H,24,26)(H2,27,28,29)/b10-6+. The van der Waals surface area contributed by atoms with Crippen LogP contribution in [0.3, 0.4) is 0 Å². The lowest BCUT2D eigenvalue weighted by atomic mass is 10.1. The highest BCUT2D eigenvalue weighted by Crippen LogP contribution is 2.39. The van der Waals surface area contributed by atoms with Crippen LogP contribution in [-0.2, 0) is 22.6 Å². The number of carbonyl (C=O) groups is 1. The Morgan fingerprint density at radius 3 is 2.57 bits per heavy atom. The van der Waals surface area contributed by atoms with Crippen LogP contribution in [0.4, 0.5) is 10.1 Å². The fourth-order valence-corrected chi connectivity index (χ4v) is 3.75. The third-order valence-electron chi connectivity index (χ3n) is 4.44. The highest BCUT2D eigenvalue weighted by Gasteiger charge is 2.15. The topological polar surface area (TPSA) is 104 Å². The first-order valence-electron chi connectivity index (χ1n) is 9.03. The number of halogens is 1. The average molecular weight is 429 g/mol. The lowest BCUT2D eigenvalue weighted by Crippen LogP contribution is -2.09. The SMILES string of the molecule is Cc1cc(CP(=O)(O)O)ccc1NC(=O)/C=C/c1cnn(C)c1-c1ccc(F)cc1. The van der Waals surface area contributed by atoms with Crippen LogP contribution >= 0.6 is 7.60 Å². The molecule has 0 atom stereocenters. The maximum atomic E-state index is 13.2. The summed E-state index contributed by atoms with van der Waals surface area (Å²) in [7, 11) is -2.39. The van der Waals surface area contributed by atoms with Crippen molar-refractivity contribution in [3.8, 4) is 11.3 Å². The molecule has 0 bridgehead atoms. The first-order chi connectivity index (χ1) is 14.1. The quantitative estimate of drug-likeness (QED) is 0.408. The van der Waals surface area contributed by atoms with Crippen molar-refractivity contribution in [2.24, 2.45) is 7.05 Å². The molecule has 2 aromatic carbocycles. The molecular weight excluding hydrogens is 408 g/mol. The number of aryl methyl sites for hydroxylation is 2.